The summed E-state index contributed by atoms with van der Waals surface area (Å²) in [5.41, 5.74) is 0.932. The lowest BCUT2D eigenvalue weighted by molar-refractivity contribution is -0.0500. The Morgan fingerprint density at radius 1 is 1.19 bits per heavy atom. The minimum atomic E-state index is -2.97. The number of pyridine rings is 1. The molecule has 2 rings (SSSR count). The first kappa shape index (κ1) is 14.9. The lowest BCUT2D eigenvalue weighted by Crippen LogP contribution is -2.03. The summed E-state index contributed by atoms with van der Waals surface area (Å²) in [7, 11) is 0. The van der Waals surface area contributed by atoms with E-state index in [1.54, 1.807) is 24.3 Å². The van der Waals surface area contributed by atoms with Gasteiger partial charge in [-0.1, -0.05) is 23.7 Å². The molecule has 0 fully saturated rings. The number of hydrogen-bond donors (Lipinski definition) is 0. The quantitative estimate of drug-likeness (QED) is 0.791. The van der Waals surface area contributed by atoms with Crippen LogP contribution in [0, 0.1) is 11.3 Å². The number of hydrogen-bond acceptors (Lipinski definition) is 3. The predicted octanol–water partition coefficient (Wildman–Crippen LogP) is 4.31. The van der Waals surface area contributed by atoms with E-state index in [-0.39, 0.29) is 21.9 Å². The molecule has 0 unspecified atom stereocenters. The number of ether oxygens (including phenoxy) is 1. The van der Waals surface area contributed by atoms with E-state index in [0.29, 0.717) is 5.56 Å². The van der Waals surface area contributed by atoms with Gasteiger partial charge in [0.05, 0.1) is 10.6 Å². The molecule has 0 saturated heterocycles. The van der Waals surface area contributed by atoms with E-state index in [2.05, 4.69) is 9.72 Å². The van der Waals surface area contributed by atoms with Crippen LogP contribution in [0.5, 0.6) is 5.75 Å². The largest absolute Gasteiger partial charge is 0.434 e. The van der Waals surface area contributed by atoms with E-state index in [1.807, 2.05) is 6.07 Å². The van der Waals surface area contributed by atoms with Crippen molar-refractivity contribution in [2.24, 2.45) is 0 Å². The highest BCUT2D eigenvalue weighted by Gasteiger charge is 2.15. The number of aromatic nitrogens is 1. The van der Waals surface area contributed by atoms with Gasteiger partial charge in [0.25, 0.3) is 0 Å². The van der Waals surface area contributed by atoms with E-state index >= 15 is 0 Å². The monoisotopic (exact) mass is 306 g/mol. The van der Waals surface area contributed by atoms with Crippen molar-refractivity contribution in [3.8, 4) is 11.8 Å². The average Bonchev–Trinajstić information content (AvgIpc) is 2.49. The lowest BCUT2D eigenvalue weighted by atomic mass is 10.0. The van der Waals surface area contributed by atoms with Crippen molar-refractivity contribution in [3.63, 3.8) is 0 Å². The number of alkyl halides is 2. The van der Waals surface area contributed by atoms with Crippen LogP contribution in [0.1, 0.15) is 11.1 Å². The van der Waals surface area contributed by atoms with Gasteiger partial charge in [0.15, 0.2) is 0 Å². The average molecular weight is 307 g/mol. The highest BCUT2D eigenvalue weighted by atomic mass is 35.5. The molecule has 0 atom stereocenters. The zero-order chi connectivity index (χ0) is 15.2. The zero-order valence-electron chi connectivity index (χ0n) is 10.6. The molecule has 0 aliphatic heterocycles. The summed E-state index contributed by atoms with van der Waals surface area (Å²) in [6, 6.07) is 11.2. The van der Waals surface area contributed by atoms with Gasteiger partial charge in [-0.05, 0) is 29.8 Å². The molecule has 0 N–H and O–H groups in total. The Kier molecular flexibility index (Phi) is 4.85. The van der Waals surface area contributed by atoms with Gasteiger partial charge in [-0.2, -0.15) is 14.0 Å². The molecule has 1 aromatic carbocycles. The molecule has 1 heterocycles. The number of nitrogens with zero attached hydrogens (tertiary/aromatic N) is 2. The first-order valence-corrected chi connectivity index (χ1v) is 6.25. The summed E-state index contributed by atoms with van der Waals surface area (Å²) in [5, 5.41) is 9.32. The Morgan fingerprint density at radius 3 is 2.48 bits per heavy atom. The Labute approximate surface area is 125 Å². The maximum absolute atomic E-state index is 12.4. The van der Waals surface area contributed by atoms with Crippen LogP contribution in [0.2, 0.25) is 0 Å². The van der Waals surface area contributed by atoms with Crippen molar-refractivity contribution in [1.29, 1.82) is 5.26 Å². The summed E-state index contributed by atoms with van der Waals surface area (Å²) < 4.78 is 29.3. The number of nitriles is 1. The molecule has 0 bridgehead atoms. The standard InChI is InChI=1S/C15H9ClF2N2O/c16-14(12(9-19)10-5-7-20-8-6-10)11-3-1-2-4-13(11)21-15(17)18/h1-8,15H/b14-12+. The van der Waals surface area contributed by atoms with Gasteiger partial charge < -0.3 is 4.74 Å². The van der Waals surface area contributed by atoms with Crippen LogP contribution < -0.4 is 4.74 Å². The fraction of sp³-hybridized carbons (Fsp3) is 0.0667. The lowest BCUT2D eigenvalue weighted by Gasteiger charge is -2.11. The van der Waals surface area contributed by atoms with Crippen molar-refractivity contribution in [3.05, 3.63) is 59.9 Å². The van der Waals surface area contributed by atoms with Crippen LogP contribution in [-0.4, -0.2) is 11.6 Å². The van der Waals surface area contributed by atoms with Gasteiger partial charge in [0, 0.05) is 18.0 Å². The van der Waals surface area contributed by atoms with Gasteiger partial charge >= 0.3 is 6.61 Å². The minimum absolute atomic E-state index is 0.0416. The summed E-state index contributed by atoms with van der Waals surface area (Å²) in [6.45, 7) is -2.97. The molecule has 0 radical (unpaired) electrons. The molecular formula is C15H9ClF2N2O. The van der Waals surface area contributed by atoms with Crippen LogP contribution in [0.15, 0.2) is 48.8 Å². The topological polar surface area (TPSA) is 45.9 Å². The van der Waals surface area contributed by atoms with E-state index in [4.69, 9.17) is 11.6 Å². The van der Waals surface area contributed by atoms with E-state index in [0.717, 1.165) is 0 Å². The Balaban J connectivity index is 2.54. The molecule has 6 heteroatoms. The highest BCUT2D eigenvalue weighted by Crippen LogP contribution is 2.35. The second-order valence-electron chi connectivity index (χ2n) is 3.91. The third-order valence-electron chi connectivity index (χ3n) is 2.64. The fourth-order valence-electron chi connectivity index (χ4n) is 1.74. The Bertz CT molecular complexity index is 696. The number of para-hydroxylation sites is 1. The van der Waals surface area contributed by atoms with Crippen LogP contribution >= 0.6 is 11.6 Å². The minimum Gasteiger partial charge on any atom is -0.434 e. The van der Waals surface area contributed by atoms with Crippen LogP contribution in [0.25, 0.3) is 10.6 Å². The maximum atomic E-state index is 12.4. The number of allylic oxidation sites excluding steroid dienone is 1. The normalized spacial score (nSPS) is 11.8. The van der Waals surface area contributed by atoms with Crippen molar-refractivity contribution < 1.29 is 13.5 Å². The smallest absolute Gasteiger partial charge is 0.387 e. The molecule has 21 heavy (non-hydrogen) atoms. The summed E-state index contributed by atoms with van der Waals surface area (Å²) in [5.74, 6) is -0.0840. The van der Waals surface area contributed by atoms with Crippen molar-refractivity contribution in [1.82, 2.24) is 4.98 Å². The molecule has 3 nitrogen and oxygen atoms in total. The maximum Gasteiger partial charge on any atom is 0.387 e. The summed E-state index contributed by atoms with van der Waals surface area (Å²) in [4.78, 5) is 3.85. The number of rotatable bonds is 4. The van der Waals surface area contributed by atoms with Crippen LogP contribution in [-0.2, 0) is 0 Å². The molecule has 106 valence electrons. The van der Waals surface area contributed by atoms with Gasteiger partial charge in [-0.15, -0.1) is 0 Å². The van der Waals surface area contributed by atoms with Crippen LogP contribution in [0.4, 0.5) is 8.78 Å². The van der Waals surface area contributed by atoms with Crippen molar-refractivity contribution in [2.75, 3.05) is 0 Å². The van der Waals surface area contributed by atoms with E-state index in [9.17, 15) is 14.0 Å². The zero-order valence-corrected chi connectivity index (χ0v) is 11.4. The fourth-order valence-corrected chi connectivity index (χ4v) is 2.05. The van der Waals surface area contributed by atoms with Gasteiger partial charge in [0.2, 0.25) is 0 Å². The molecule has 0 aliphatic carbocycles. The molecule has 0 spiro atoms. The molecule has 0 amide bonds. The van der Waals surface area contributed by atoms with Crippen molar-refractivity contribution >= 4 is 22.2 Å². The van der Waals surface area contributed by atoms with E-state index < -0.39 is 6.61 Å². The molecular weight excluding hydrogens is 298 g/mol. The van der Waals surface area contributed by atoms with Gasteiger partial charge in [0.1, 0.15) is 11.8 Å². The number of halogens is 3. The second kappa shape index (κ2) is 6.82. The molecule has 0 aliphatic rings. The van der Waals surface area contributed by atoms with Crippen LogP contribution in [0.3, 0.4) is 0 Å². The Hall–Kier alpha value is -2.45. The third-order valence-corrected chi connectivity index (χ3v) is 3.03. The first-order valence-electron chi connectivity index (χ1n) is 5.88. The van der Waals surface area contributed by atoms with E-state index in [1.165, 1.54) is 24.5 Å². The number of benzene rings is 1. The molecule has 2 aromatic rings. The van der Waals surface area contributed by atoms with Gasteiger partial charge in [-0.25, -0.2) is 0 Å². The predicted molar refractivity (Wildman–Crippen MR) is 75.6 cm³/mol. The first-order chi connectivity index (χ1) is 10.1. The SMILES string of the molecule is N#C/C(=C(\Cl)c1ccccc1OC(F)F)c1ccncc1. The second-order valence-corrected chi connectivity index (χ2v) is 4.29. The van der Waals surface area contributed by atoms with Crippen molar-refractivity contribution in [2.45, 2.75) is 6.61 Å². The third kappa shape index (κ3) is 3.56. The van der Waals surface area contributed by atoms with Gasteiger partial charge in [-0.3, -0.25) is 4.98 Å². The highest BCUT2D eigenvalue weighted by molar-refractivity contribution is 6.53. The molecule has 0 saturated carbocycles. The summed E-state index contributed by atoms with van der Waals surface area (Å²) >= 11 is 6.21. The molecule has 1 aromatic heterocycles. The summed E-state index contributed by atoms with van der Waals surface area (Å²) in [6.07, 6.45) is 3.02. The Morgan fingerprint density at radius 2 is 1.86 bits per heavy atom.